The van der Waals surface area contributed by atoms with Crippen LogP contribution in [0.15, 0.2) is 18.5 Å². The van der Waals surface area contributed by atoms with Gasteiger partial charge in [-0.1, -0.05) is 0 Å². The number of fused-ring (bicyclic) bond motifs is 1. The molecule has 0 radical (unpaired) electrons. The average molecular weight is 367 g/mol. The Morgan fingerprint density at radius 2 is 1.74 bits per heavy atom. The summed E-state index contributed by atoms with van der Waals surface area (Å²) < 4.78 is 0. The summed E-state index contributed by atoms with van der Waals surface area (Å²) in [5, 5.41) is 8.23. The fourth-order valence-electron chi connectivity index (χ4n) is 4.02. The van der Waals surface area contributed by atoms with Crippen molar-refractivity contribution in [2.24, 2.45) is 11.8 Å². The van der Waals surface area contributed by atoms with Gasteiger partial charge in [0.05, 0.1) is 0 Å². The number of amides is 1. The van der Waals surface area contributed by atoms with E-state index < -0.39 is 0 Å². The highest BCUT2D eigenvalue weighted by molar-refractivity contribution is 5.92. The summed E-state index contributed by atoms with van der Waals surface area (Å²) in [7, 11) is 3.81. The van der Waals surface area contributed by atoms with Crippen molar-refractivity contribution in [3.05, 3.63) is 35.4 Å². The van der Waals surface area contributed by atoms with E-state index in [-0.39, 0.29) is 5.91 Å². The van der Waals surface area contributed by atoms with Crippen LogP contribution in [0.25, 0.3) is 0 Å². The van der Waals surface area contributed by atoms with E-state index in [0.717, 1.165) is 49.1 Å². The van der Waals surface area contributed by atoms with Gasteiger partial charge in [-0.15, -0.1) is 10.2 Å². The highest BCUT2D eigenvalue weighted by atomic mass is 16.2. The summed E-state index contributed by atoms with van der Waals surface area (Å²) in [4.78, 5) is 27.7. The maximum absolute atomic E-state index is 12.8. The molecule has 2 aliphatic heterocycles. The van der Waals surface area contributed by atoms with Crippen LogP contribution in [-0.2, 0) is 0 Å². The molecule has 4 heterocycles. The molecule has 0 spiro atoms. The first-order chi connectivity index (χ1) is 12.9. The van der Waals surface area contributed by atoms with Gasteiger partial charge < -0.3 is 14.7 Å². The molecule has 0 aromatic carbocycles. The number of carbonyl (C=O) groups excluding carboxylic acids is 1. The maximum Gasteiger partial charge on any atom is 0.274 e. The highest BCUT2D eigenvalue weighted by Gasteiger charge is 2.42. The number of hydrogen-bond donors (Lipinski definition) is 0. The molecule has 2 saturated heterocycles. The Bertz CT molecular complexity index is 838. The SMILES string of the molecule is Cc1ncnc(N2CC3CN(C(=O)c4ccc(N(C)C)nn4)CC3C2)c1C. The molecular weight excluding hydrogens is 342 g/mol. The van der Waals surface area contributed by atoms with Gasteiger partial charge >= 0.3 is 0 Å². The Labute approximate surface area is 159 Å². The van der Waals surface area contributed by atoms with Gasteiger partial charge in [-0.05, 0) is 26.0 Å². The van der Waals surface area contributed by atoms with E-state index in [1.165, 1.54) is 0 Å². The van der Waals surface area contributed by atoms with Gasteiger partial charge in [0.25, 0.3) is 5.91 Å². The summed E-state index contributed by atoms with van der Waals surface area (Å²) in [6, 6.07) is 3.59. The molecule has 2 fully saturated rings. The summed E-state index contributed by atoms with van der Waals surface area (Å²) in [5.41, 5.74) is 2.58. The minimum Gasteiger partial charge on any atom is -0.361 e. The zero-order chi connectivity index (χ0) is 19.1. The topological polar surface area (TPSA) is 78.4 Å². The van der Waals surface area contributed by atoms with Crippen LogP contribution in [0, 0.1) is 25.7 Å². The van der Waals surface area contributed by atoms with Crippen molar-refractivity contribution in [2.45, 2.75) is 13.8 Å². The maximum atomic E-state index is 12.8. The second-order valence-corrected chi connectivity index (χ2v) is 7.71. The summed E-state index contributed by atoms with van der Waals surface area (Å²) >= 11 is 0. The molecule has 2 unspecified atom stereocenters. The van der Waals surface area contributed by atoms with E-state index in [1.807, 2.05) is 36.9 Å². The molecule has 8 nitrogen and oxygen atoms in total. The largest absolute Gasteiger partial charge is 0.361 e. The van der Waals surface area contributed by atoms with Gasteiger partial charge in [0.1, 0.15) is 12.1 Å². The molecule has 2 atom stereocenters. The van der Waals surface area contributed by atoms with Crippen molar-refractivity contribution in [3.8, 4) is 0 Å². The lowest BCUT2D eigenvalue weighted by molar-refractivity contribution is 0.0775. The lowest BCUT2D eigenvalue weighted by atomic mass is 10.0. The molecule has 4 rings (SSSR count). The minimum absolute atomic E-state index is 0.0252. The van der Waals surface area contributed by atoms with Gasteiger partial charge in [0, 0.05) is 63.4 Å². The van der Waals surface area contributed by atoms with E-state index in [0.29, 0.717) is 17.5 Å². The van der Waals surface area contributed by atoms with Crippen LogP contribution in [0.1, 0.15) is 21.7 Å². The fraction of sp³-hybridized carbons (Fsp3) is 0.526. The second-order valence-electron chi connectivity index (χ2n) is 7.71. The number of anilines is 2. The van der Waals surface area contributed by atoms with Crippen molar-refractivity contribution in [1.82, 2.24) is 25.1 Å². The standard InChI is InChI=1S/C19H25N7O/c1-12-13(2)20-11-21-18(12)25-7-14-9-26(10-15(14)8-25)19(27)16-5-6-17(23-22-16)24(3)4/h5-6,11,14-15H,7-10H2,1-4H3. The van der Waals surface area contributed by atoms with Crippen LogP contribution in [0.3, 0.4) is 0 Å². The Morgan fingerprint density at radius 3 is 2.33 bits per heavy atom. The lowest BCUT2D eigenvalue weighted by Gasteiger charge is -2.23. The van der Waals surface area contributed by atoms with E-state index in [4.69, 9.17) is 0 Å². The number of carbonyl (C=O) groups is 1. The molecule has 0 saturated carbocycles. The van der Waals surface area contributed by atoms with Crippen LogP contribution in [-0.4, -0.2) is 71.2 Å². The van der Waals surface area contributed by atoms with Crippen LogP contribution in [0.4, 0.5) is 11.6 Å². The summed E-state index contributed by atoms with van der Waals surface area (Å²) in [6.07, 6.45) is 1.64. The van der Waals surface area contributed by atoms with E-state index in [1.54, 1.807) is 12.4 Å². The molecule has 0 aliphatic carbocycles. The first kappa shape index (κ1) is 17.6. The first-order valence-corrected chi connectivity index (χ1v) is 9.27. The predicted molar refractivity (Wildman–Crippen MR) is 103 cm³/mol. The molecule has 0 N–H and O–H groups in total. The molecule has 0 bridgehead atoms. The smallest absolute Gasteiger partial charge is 0.274 e. The van der Waals surface area contributed by atoms with Gasteiger partial charge in [0.15, 0.2) is 11.5 Å². The van der Waals surface area contributed by atoms with Crippen LogP contribution >= 0.6 is 0 Å². The number of aromatic nitrogens is 4. The highest BCUT2D eigenvalue weighted by Crippen LogP contribution is 2.35. The lowest BCUT2D eigenvalue weighted by Crippen LogP contribution is -2.34. The average Bonchev–Trinajstić information content (AvgIpc) is 3.22. The van der Waals surface area contributed by atoms with Gasteiger partial charge in [0.2, 0.25) is 0 Å². The predicted octanol–water partition coefficient (Wildman–Crippen LogP) is 1.16. The van der Waals surface area contributed by atoms with E-state index >= 15 is 0 Å². The van der Waals surface area contributed by atoms with Crippen LogP contribution < -0.4 is 9.80 Å². The molecule has 2 aliphatic rings. The molecule has 27 heavy (non-hydrogen) atoms. The Morgan fingerprint density at radius 1 is 1.04 bits per heavy atom. The molecule has 2 aromatic heterocycles. The molecule has 142 valence electrons. The quantitative estimate of drug-likeness (QED) is 0.805. The Hall–Kier alpha value is -2.77. The molecule has 1 amide bonds. The van der Waals surface area contributed by atoms with Crippen molar-refractivity contribution >= 4 is 17.5 Å². The Kier molecular flexibility index (Phi) is 4.41. The third kappa shape index (κ3) is 3.20. The monoisotopic (exact) mass is 367 g/mol. The third-order valence-electron chi connectivity index (χ3n) is 5.71. The van der Waals surface area contributed by atoms with Gasteiger partial charge in [-0.2, -0.15) is 0 Å². The molecule has 2 aromatic rings. The van der Waals surface area contributed by atoms with Gasteiger partial charge in [-0.3, -0.25) is 4.79 Å². The van der Waals surface area contributed by atoms with E-state index in [9.17, 15) is 4.79 Å². The number of rotatable bonds is 3. The summed E-state index contributed by atoms with van der Waals surface area (Å²) in [5.74, 6) is 2.69. The fourth-order valence-corrected chi connectivity index (χ4v) is 4.02. The molecular formula is C19H25N7O. The number of nitrogens with zero attached hydrogens (tertiary/aromatic N) is 7. The van der Waals surface area contributed by atoms with Crippen molar-refractivity contribution < 1.29 is 4.79 Å². The van der Waals surface area contributed by atoms with E-state index in [2.05, 4.69) is 32.0 Å². The van der Waals surface area contributed by atoms with Crippen molar-refractivity contribution in [3.63, 3.8) is 0 Å². The number of hydrogen-bond acceptors (Lipinski definition) is 7. The van der Waals surface area contributed by atoms with Crippen LogP contribution in [0.2, 0.25) is 0 Å². The zero-order valence-electron chi connectivity index (χ0n) is 16.3. The zero-order valence-corrected chi connectivity index (χ0v) is 16.3. The van der Waals surface area contributed by atoms with Gasteiger partial charge in [-0.25, -0.2) is 9.97 Å². The van der Waals surface area contributed by atoms with Crippen LogP contribution in [0.5, 0.6) is 0 Å². The number of aryl methyl sites for hydroxylation is 1. The first-order valence-electron chi connectivity index (χ1n) is 9.27. The second kappa shape index (κ2) is 6.75. The van der Waals surface area contributed by atoms with Crippen molar-refractivity contribution in [1.29, 1.82) is 0 Å². The minimum atomic E-state index is -0.0252. The normalized spacial score (nSPS) is 21.5. The number of likely N-dealkylation sites (tertiary alicyclic amines) is 1. The third-order valence-corrected chi connectivity index (χ3v) is 5.71. The molecule has 8 heteroatoms. The van der Waals surface area contributed by atoms with Crippen molar-refractivity contribution in [2.75, 3.05) is 50.1 Å². The summed E-state index contributed by atoms with van der Waals surface area (Å²) in [6.45, 7) is 7.47. The Balaban J connectivity index is 1.42.